The van der Waals surface area contributed by atoms with E-state index in [4.69, 9.17) is 39.5 Å². The maximum absolute atomic E-state index is 12.0. The predicted octanol–water partition coefficient (Wildman–Crippen LogP) is 4.68. The summed E-state index contributed by atoms with van der Waals surface area (Å²) in [5, 5.41) is 3.63. The molecule has 2 rings (SSSR count). The van der Waals surface area contributed by atoms with Crippen LogP contribution < -0.4 is 5.32 Å². The Balaban J connectivity index is 1.92. The molecule has 0 aliphatic rings. The molecule has 1 amide bonds. The second-order valence-electron chi connectivity index (χ2n) is 5.02. The highest BCUT2D eigenvalue weighted by atomic mass is 35.5. The lowest BCUT2D eigenvalue weighted by Gasteiger charge is -2.15. The van der Waals surface area contributed by atoms with Crippen LogP contribution in [0.5, 0.6) is 0 Å². The van der Waals surface area contributed by atoms with Crippen LogP contribution in [0.15, 0.2) is 42.5 Å². The summed E-state index contributed by atoms with van der Waals surface area (Å²) in [6, 6.07) is 11.5. The van der Waals surface area contributed by atoms with Crippen LogP contribution in [0.25, 0.3) is 0 Å². The molecule has 0 fully saturated rings. The molecule has 0 unspecified atom stereocenters. The van der Waals surface area contributed by atoms with Gasteiger partial charge in [0.2, 0.25) is 0 Å². The number of nitrogens with one attached hydrogen (secondary N) is 1. The van der Waals surface area contributed by atoms with Gasteiger partial charge in [0.25, 0.3) is 5.91 Å². The molecular weight excluding hydrogens is 373 g/mol. The van der Waals surface area contributed by atoms with E-state index in [1.807, 2.05) is 6.07 Å². The number of rotatable bonds is 5. The van der Waals surface area contributed by atoms with Crippen LogP contribution in [0, 0.1) is 0 Å². The third-order valence-corrected chi connectivity index (χ3v) is 4.09. The minimum atomic E-state index is -0.754. The Morgan fingerprint density at radius 3 is 2.33 bits per heavy atom. The molecule has 2 aromatic rings. The Hall–Kier alpha value is -1.75. The van der Waals surface area contributed by atoms with Crippen molar-refractivity contribution < 1.29 is 14.3 Å². The highest BCUT2D eigenvalue weighted by molar-refractivity contribution is 6.39. The van der Waals surface area contributed by atoms with Crippen molar-refractivity contribution >= 4 is 46.7 Å². The quantitative estimate of drug-likeness (QED) is 0.759. The Morgan fingerprint density at radius 1 is 1.08 bits per heavy atom. The Morgan fingerprint density at radius 2 is 1.71 bits per heavy atom. The van der Waals surface area contributed by atoms with E-state index in [1.165, 1.54) is 12.1 Å². The van der Waals surface area contributed by atoms with Gasteiger partial charge in [-0.2, -0.15) is 0 Å². The first kappa shape index (κ1) is 18.6. The van der Waals surface area contributed by atoms with Crippen molar-refractivity contribution in [3.05, 3.63) is 68.7 Å². The number of hydrogen-bond donors (Lipinski definition) is 1. The van der Waals surface area contributed by atoms with E-state index < -0.39 is 18.5 Å². The molecule has 0 aliphatic heterocycles. The average Bonchev–Trinajstić information content (AvgIpc) is 2.52. The molecule has 0 saturated heterocycles. The van der Waals surface area contributed by atoms with Gasteiger partial charge in [-0.05, 0) is 36.8 Å². The molecule has 7 heteroatoms. The van der Waals surface area contributed by atoms with Crippen molar-refractivity contribution in [1.82, 2.24) is 5.32 Å². The van der Waals surface area contributed by atoms with Crippen LogP contribution in [0.1, 0.15) is 28.9 Å². The third kappa shape index (κ3) is 4.87. The SMILES string of the molecule is C[C@H](NC(=O)COC(=O)c1c(Cl)cccc1Cl)c1cccc(Cl)c1. The zero-order valence-corrected chi connectivity index (χ0v) is 15.0. The highest BCUT2D eigenvalue weighted by Gasteiger charge is 2.18. The summed E-state index contributed by atoms with van der Waals surface area (Å²) in [6.45, 7) is 1.36. The molecule has 126 valence electrons. The molecule has 0 heterocycles. The van der Waals surface area contributed by atoms with Crippen LogP contribution in [0.3, 0.4) is 0 Å². The minimum absolute atomic E-state index is 0.0384. The molecular formula is C17H14Cl3NO3. The van der Waals surface area contributed by atoms with E-state index in [1.54, 1.807) is 31.2 Å². The molecule has 1 atom stereocenters. The Labute approximate surface area is 154 Å². The van der Waals surface area contributed by atoms with Crippen molar-refractivity contribution in [3.63, 3.8) is 0 Å². The monoisotopic (exact) mass is 385 g/mol. The van der Waals surface area contributed by atoms with Crippen molar-refractivity contribution in [2.45, 2.75) is 13.0 Å². The Bertz CT molecular complexity index is 744. The summed E-state index contributed by atoms with van der Waals surface area (Å²) in [6.07, 6.45) is 0. The minimum Gasteiger partial charge on any atom is -0.452 e. The van der Waals surface area contributed by atoms with E-state index in [0.717, 1.165) is 5.56 Å². The fraction of sp³-hybridized carbons (Fsp3) is 0.176. The van der Waals surface area contributed by atoms with E-state index in [-0.39, 0.29) is 21.7 Å². The predicted molar refractivity (Wildman–Crippen MR) is 94.8 cm³/mol. The lowest BCUT2D eigenvalue weighted by Crippen LogP contribution is -2.31. The number of amides is 1. The van der Waals surface area contributed by atoms with Gasteiger partial charge in [0, 0.05) is 5.02 Å². The average molecular weight is 387 g/mol. The number of carbonyl (C=O) groups excluding carboxylic acids is 2. The van der Waals surface area contributed by atoms with Crippen LogP contribution in [0.4, 0.5) is 0 Å². The fourth-order valence-electron chi connectivity index (χ4n) is 2.04. The maximum Gasteiger partial charge on any atom is 0.341 e. The van der Waals surface area contributed by atoms with Gasteiger partial charge >= 0.3 is 5.97 Å². The molecule has 0 radical (unpaired) electrons. The smallest absolute Gasteiger partial charge is 0.341 e. The van der Waals surface area contributed by atoms with Crippen molar-refractivity contribution in [2.75, 3.05) is 6.61 Å². The topological polar surface area (TPSA) is 55.4 Å². The van der Waals surface area contributed by atoms with Crippen LogP contribution in [0.2, 0.25) is 15.1 Å². The number of esters is 1. The van der Waals surface area contributed by atoms with Crippen LogP contribution in [-0.2, 0) is 9.53 Å². The summed E-state index contributed by atoms with van der Waals surface area (Å²) < 4.78 is 4.97. The van der Waals surface area contributed by atoms with Gasteiger partial charge in [-0.1, -0.05) is 53.0 Å². The van der Waals surface area contributed by atoms with Crippen LogP contribution in [-0.4, -0.2) is 18.5 Å². The zero-order chi connectivity index (χ0) is 17.7. The summed E-state index contributed by atoms with van der Waals surface area (Å²) in [5.74, 6) is -1.20. The molecule has 0 saturated carbocycles. The lowest BCUT2D eigenvalue weighted by molar-refractivity contribution is -0.124. The first-order valence-electron chi connectivity index (χ1n) is 7.04. The number of halogens is 3. The molecule has 0 spiro atoms. The van der Waals surface area contributed by atoms with Gasteiger partial charge in [0.15, 0.2) is 6.61 Å². The standard InChI is InChI=1S/C17H14Cl3NO3/c1-10(11-4-2-5-12(18)8-11)21-15(22)9-24-17(23)16-13(19)6-3-7-14(16)20/h2-8,10H,9H2,1H3,(H,21,22)/t10-/m0/s1. The second kappa shape index (κ2) is 8.38. The number of carbonyl (C=O) groups is 2. The first-order chi connectivity index (χ1) is 11.4. The number of ether oxygens (including phenoxy) is 1. The molecule has 2 aromatic carbocycles. The van der Waals surface area contributed by atoms with E-state index in [2.05, 4.69) is 5.32 Å². The lowest BCUT2D eigenvalue weighted by atomic mass is 10.1. The molecule has 4 nitrogen and oxygen atoms in total. The second-order valence-corrected chi connectivity index (χ2v) is 6.27. The van der Waals surface area contributed by atoms with Gasteiger partial charge in [-0.3, -0.25) is 4.79 Å². The highest BCUT2D eigenvalue weighted by Crippen LogP contribution is 2.25. The van der Waals surface area contributed by atoms with Crippen molar-refractivity contribution in [2.24, 2.45) is 0 Å². The first-order valence-corrected chi connectivity index (χ1v) is 8.18. The fourth-order valence-corrected chi connectivity index (χ4v) is 2.79. The van der Waals surface area contributed by atoms with Gasteiger partial charge < -0.3 is 10.1 Å². The third-order valence-electron chi connectivity index (χ3n) is 3.23. The van der Waals surface area contributed by atoms with E-state index in [0.29, 0.717) is 5.02 Å². The van der Waals surface area contributed by atoms with E-state index in [9.17, 15) is 9.59 Å². The maximum atomic E-state index is 12.0. The number of benzene rings is 2. The normalized spacial score (nSPS) is 11.7. The molecule has 0 aliphatic carbocycles. The summed E-state index contributed by atoms with van der Waals surface area (Å²) in [4.78, 5) is 23.9. The summed E-state index contributed by atoms with van der Waals surface area (Å²) in [5.41, 5.74) is 0.882. The van der Waals surface area contributed by atoms with Gasteiger partial charge in [-0.25, -0.2) is 4.79 Å². The number of hydrogen-bond acceptors (Lipinski definition) is 3. The molecule has 1 N–H and O–H groups in total. The van der Waals surface area contributed by atoms with Gasteiger partial charge in [0.1, 0.15) is 0 Å². The van der Waals surface area contributed by atoms with Gasteiger partial charge in [0.05, 0.1) is 21.7 Å². The zero-order valence-electron chi connectivity index (χ0n) is 12.7. The molecule has 0 bridgehead atoms. The summed E-state index contributed by atoms with van der Waals surface area (Å²) >= 11 is 17.8. The van der Waals surface area contributed by atoms with Crippen LogP contribution >= 0.6 is 34.8 Å². The van der Waals surface area contributed by atoms with Crippen molar-refractivity contribution in [3.8, 4) is 0 Å². The van der Waals surface area contributed by atoms with Gasteiger partial charge in [-0.15, -0.1) is 0 Å². The summed E-state index contributed by atoms with van der Waals surface area (Å²) in [7, 11) is 0. The largest absolute Gasteiger partial charge is 0.452 e. The van der Waals surface area contributed by atoms with Crippen molar-refractivity contribution in [1.29, 1.82) is 0 Å². The van der Waals surface area contributed by atoms with E-state index >= 15 is 0 Å². The molecule has 0 aromatic heterocycles. The Kier molecular flexibility index (Phi) is 6.49. The molecule has 24 heavy (non-hydrogen) atoms.